The Morgan fingerprint density at radius 2 is 1.08 bits per heavy atom. The van der Waals surface area contributed by atoms with Crippen LogP contribution in [0.1, 0.15) is 142 Å². The van der Waals surface area contributed by atoms with E-state index in [-0.39, 0.29) is 38.6 Å². The van der Waals surface area contributed by atoms with E-state index in [9.17, 15) is 19.5 Å². The molecule has 0 fully saturated rings. The summed E-state index contributed by atoms with van der Waals surface area (Å²) in [7, 11) is 5.88. The molecule has 304 valence electrons. The van der Waals surface area contributed by atoms with Gasteiger partial charge in [-0.25, -0.2) is 0 Å². The Hall–Kier alpha value is -3.01. The minimum absolute atomic E-state index is 0.137. The molecule has 0 aliphatic rings. The summed E-state index contributed by atoms with van der Waals surface area (Å²) in [5, 5.41) is 11.7. The van der Waals surface area contributed by atoms with Gasteiger partial charge in [0.2, 0.25) is 0 Å². The lowest BCUT2D eigenvalue weighted by Gasteiger charge is -2.26. The minimum Gasteiger partial charge on any atom is -0.545 e. The van der Waals surface area contributed by atoms with E-state index in [0.717, 1.165) is 77.0 Å². The van der Waals surface area contributed by atoms with Crippen LogP contribution in [0, 0.1) is 0 Å². The third-order valence-corrected chi connectivity index (χ3v) is 8.25. The topological polar surface area (TPSA) is 111 Å². The quantitative estimate of drug-likeness (QED) is 0.0206. The van der Waals surface area contributed by atoms with E-state index in [0.29, 0.717) is 23.9 Å². The maximum absolute atomic E-state index is 12.7. The number of nitrogens with zero attached hydrogens (tertiary/aromatic N) is 1. The van der Waals surface area contributed by atoms with Crippen molar-refractivity contribution in [2.45, 2.75) is 155 Å². The zero-order valence-electron chi connectivity index (χ0n) is 34.1. The monoisotopic (exact) mass is 746 g/mol. The average Bonchev–Trinajstić information content (AvgIpc) is 3.11. The van der Waals surface area contributed by atoms with E-state index in [2.05, 4.69) is 74.6 Å². The molecule has 9 heteroatoms. The summed E-state index contributed by atoms with van der Waals surface area (Å²) in [5.74, 6) is -2.36. The summed E-state index contributed by atoms with van der Waals surface area (Å²) >= 11 is 0. The Balaban J connectivity index is 4.58. The first-order valence-electron chi connectivity index (χ1n) is 20.4. The number of carbonyl (C=O) groups is 3. The molecule has 0 aromatic carbocycles. The van der Waals surface area contributed by atoms with Crippen LogP contribution in [0.2, 0.25) is 0 Å². The van der Waals surface area contributed by atoms with Gasteiger partial charge in [-0.2, -0.15) is 0 Å². The van der Waals surface area contributed by atoms with Crippen LogP contribution >= 0.6 is 0 Å². The highest BCUT2D eigenvalue weighted by atomic mass is 16.7. The molecule has 2 atom stereocenters. The van der Waals surface area contributed by atoms with E-state index < -0.39 is 24.3 Å². The van der Waals surface area contributed by atoms with Gasteiger partial charge in [0.1, 0.15) is 13.2 Å². The highest BCUT2D eigenvalue weighted by Gasteiger charge is 2.21. The zero-order chi connectivity index (χ0) is 39.3. The lowest BCUT2D eigenvalue weighted by atomic mass is 10.1. The molecule has 0 heterocycles. The van der Waals surface area contributed by atoms with Crippen molar-refractivity contribution in [2.75, 3.05) is 47.5 Å². The van der Waals surface area contributed by atoms with Crippen LogP contribution in [-0.2, 0) is 33.3 Å². The van der Waals surface area contributed by atoms with Gasteiger partial charge in [-0.1, -0.05) is 113 Å². The number of esters is 2. The van der Waals surface area contributed by atoms with Gasteiger partial charge in [0.05, 0.1) is 40.3 Å². The predicted octanol–water partition coefficient (Wildman–Crippen LogP) is 8.88. The van der Waals surface area contributed by atoms with Crippen molar-refractivity contribution in [2.24, 2.45) is 0 Å². The van der Waals surface area contributed by atoms with Crippen LogP contribution in [0.5, 0.6) is 0 Å². The maximum atomic E-state index is 12.7. The third-order valence-electron chi connectivity index (χ3n) is 8.25. The summed E-state index contributed by atoms with van der Waals surface area (Å²) in [6.45, 7) is 4.51. The average molecular weight is 746 g/mol. The fourth-order valence-electron chi connectivity index (χ4n) is 5.05. The Morgan fingerprint density at radius 3 is 1.62 bits per heavy atom. The van der Waals surface area contributed by atoms with Gasteiger partial charge in [-0.05, 0) is 77.0 Å². The molecular formula is C44H75NO8. The van der Waals surface area contributed by atoms with Crippen molar-refractivity contribution >= 4 is 17.9 Å². The van der Waals surface area contributed by atoms with Crippen LogP contribution in [0.15, 0.2) is 60.8 Å². The van der Waals surface area contributed by atoms with Crippen molar-refractivity contribution in [3.63, 3.8) is 0 Å². The first kappa shape index (κ1) is 50.0. The van der Waals surface area contributed by atoms with Crippen molar-refractivity contribution < 1.29 is 42.9 Å². The molecule has 2 unspecified atom stereocenters. The molecule has 0 aromatic heterocycles. The van der Waals surface area contributed by atoms with Crippen molar-refractivity contribution in [1.82, 2.24) is 0 Å². The van der Waals surface area contributed by atoms with Crippen LogP contribution in [0.3, 0.4) is 0 Å². The Kier molecular flexibility index (Phi) is 33.9. The number of ether oxygens (including phenoxy) is 4. The lowest BCUT2D eigenvalue weighted by molar-refractivity contribution is -0.870. The molecule has 0 rings (SSSR count). The summed E-state index contributed by atoms with van der Waals surface area (Å²) in [6.07, 6.45) is 38.2. The summed E-state index contributed by atoms with van der Waals surface area (Å²) in [6, 6.07) is 0. The summed E-state index contributed by atoms with van der Waals surface area (Å²) in [5.41, 5.74) is 0. The normalized spacial score (nSPS) is 13.6. The van der Waals surface area contributed by atoms with Crippen LogP contribution in [0.4, 0.5) is 0 Å². The number of quaternary nitrogens is 1. The van der Waals surface area contributed by atoms with E-state index in [1.165, 1.54) is 25.7 Å². The van der Waals surface area contributed by atoms with Gasteiger partial charge in [-0.3, -0.25) is 9.59 Å². The lowest BCUT2D eigenvalue weighted by Crippen LogP contribution is -2.44. The third kappa shape index (κ3) is 37.1. The van der Waals surface area contributed by atoms with Crippen molar-refractivity contribution in [3.05, 3.63) is 60.8 Å². The number of aliphatic carboxylic acids is 1. The molecule has 0 spiro atoms. The molecule has 0 aliphatic heterocycles. The molecule has 0 N–H and O–H groups in total. The van der Waals surface area contributed by atoms with Gasteiger partial charge < -0.3 is 33.3 Å². The summed E-state index contributed by atoms with van der Waals surface area (Å²) in [4.78, 5) is 36.8. The SMILES string of the molecule is CC/C=C\C/C=C\C/C=C\CCCCCC(=O)OC(COC(=O)CCCCCCC/C=C\C/C=C\CCCCC)COC(OCC[N+](C)(C)C)C(=O)[O-]. The molecule has 0 saturated heterocycles. The molecule has 0 aliphatic carbocycles. The fraction of sp³-hybridized carbons (Fsp3) is 0.705. The number of likely N-dealkylation sites (N-methyl/N-ethyl adjacent to an activating group) is 1. The molecule has 0 amide bonds. The first-order chi connectivity index (χ1) is 25.6. The second kappa shape index (κ2) is 36.0. The number of unbranched alkanes of at least 4 members (excludes halogenated alkanes) is 11. The van der Waals surface area contributed by atoms with Crippen LogP contribution in [-0.4, -0.2) is 82.3 Å². The minimum atomic E-state index is -1.63. The first-order valence-corrected chi connectivity index (χ1v) is 20.4. The van der Waals surface area contributed by atoms with E-state index >= 15 is 0 Å². The fourth-order valence-corrected chi connectivity index (χ4v) is 5.05. The van der Waals surface area contributed by atoms with E-state index in [1.54, 1.807) is 0 Å². The van der Waals surface area contributed by atoms with Gasteiger partial charge >= 0.3 is 11.9 Å². The number of carboxylic acid groups (broad SMARTS) is 1. The molecule has 0 saturated carbocycles. The number of hydrogen-bond donors (Lipinski definition) is 0. The standard InChI is InChI=1S/C44H75NO8/c1-6-8-10-12-14-16-18-20-21-23-24-26-28-30-32-34-41(46)51-38-40(39-52-44(43(48)49)50-37-36-45(3,4)5)53-42(47)35-33-31-29-27-25-22-19-17-15-13-11-9-7-2/h9,11,14-17,20-22,25,40,44H,6-8,10,12-13,18-19,23-24,26-39H2,1-5H3/b11-9-,16-14-,17-15-,21-20-,25-22-. The van der Waals surface area contributed by atoms with Crippen LogP contribution < -0.4 is 5.11 Å². The Morgan fingerprint density at radius 1 is 0.585 bits per heavy atom. The predicted molar refractivity (Wildman–Crippen MR) is 214 cm³/mol. The van der Waals surface area contributed by atoms with E-state index in [4.69, 9.17) is 18.9 Å². The highest BCUT2D eigenvalue weighted by Crippen LogP contribution is 2.11. The van der Waals surface area contributed by atoms with Crippen molar-refractivity contribution in [1.29, 1.82) is 0 Å². The maximum Gasteiger partial charge on any atom is 0.306 e. The largest absolute Gasteiger partial charge is 0.545 e. The summed E-state index contributed by atoms with van der Waals surface area (Å²) < 4.78 is 22.4. The van der Waals surface area contributed by atoms with Crippen LogP contribution in [0.25, 0.3) is 0 Å². The van der Waals surface area contributed by atoms with Gasteiger partial charge in [-0.15, -0.1) is 0 Å². The number of rotatable bonds is 36. The molecular weight excluding hydrogens is 670 g/mol. The Bertz CT molecular complexity index is 1060. The second-order valence-electron chi connectivity index (χ2n) is 14.5. The number of hydrogen-bond acceptors (Lipinski definition) is 8. The second-order valence-corrected chi connectivity index (χ2v) is 14.5. The number of allylic oxidation sites excluding steroid dienone is 10. The van der Waals surface area contributed by atoms with Gasteiger partial charge in [0.15, 0.2) is 12.4 Å². The number of carbonyl (C=O) groups excluding carboxylic acids is 3. The molecule has 0 radical (unpaired) electrons. The van der Waals surface area contributed by atoms with Crippen molar-refractivity contribution in [3.8, 4) is 0 Å². The number of carboxylic acids is 1. The smallest absolute Gasteiger partial charge is 0.306 e. The molecule has 9 nitrogen and oxygen atoms in total. The zero-order valence-corrected chi connectivity index (χ0v) is 34.1. The Labute approximate surface area is 323 Å². The highest BCUT2D eigenvalue weighted by molar-refractivity contribution is 5.70. The van der Waals surface area contributed by atoms with E-state index in [1.807, 2.05) is 21.1 Å². The van der Waals surface area contributed by atoms with Gasteiger partial charge in [0.25, 0.3) is 0 Å². The molecule has 53 heavy (non-hydrogen) atoms. The molecule has 0 aromatic rings. The van der Waals surface area contributed by atoms with Gasteiger partial charge in [0, 0.05) is 12.8 Å². The molecule has 0 bridgehead atoms.